The summed E-state index contributed by atoms with van der Waals surface area (Å²) in [5, 5.41) is 9.13. The SMILES string of the molecule is Cc1cc(C(=O)N2CC(C(=O)O)O[C@H](C)C2)c(C)n1C(C)C. The zero-order valence-corrected chi connectivity index (χ0v) is 13.8. The van der Waals surface area contributed by atoms with Crippen LogP contribution in [0.25, 0.3) is 0 Å². The van der Waals surface area contributed by atoms with Crippen molar-refractivity contribution in [3.8, 4) is 0 Å². The minimum Gasteiger partial charge on any atom is -0.479 e. The first-order valence-corrected chi connectivity index (χ1v) is 7.58. The Morgan fingerprint density at radius 1 is 1.32 bits per heavy atom. The topological polar surface area (TPSA) is 71.8 Å². The average Bonchev–Trinajstić information content (AvgIpc) is 2.72. The lowest BCUT2D eigenvalue weighted by Gasteiger charge is -2.35. The fourth-order valence-corrected chi connectivity index (χ4v) is 3.21. The Bertz CT molecular complexity index is 591. The van der Waals surface area contributed by atoms with Gasteiger partial charge in [0, 0.05) is 24.0 Å². The van der Waals surface area contributed by atoms with Crippen molar-refractivity contribution in [3.63, 3.8) is 0 Å². The molecule has 2 rings (SSSR count). The lowest BCUT2D eigenvalue weighted by Crippen LogP contribution is -2.51. The number of aliphatic carboxylic acids is 1. The number of morpholine rings is 1. The molecule has 1 aromatic rings. The molecule has 2 atom stereocenters. The van der Waals surface area contributed by atoms with Gasteiger partial charge in [-0.05, 0) is 40.7 Å². The van der Waals surface area contributed by atoms with Crippen LogP contribution in [0.4, 0.5) is 0 Å². The van der Waals surface area contributed by atoms with Crippen LogP contribution in [0, 0.1) is 13.8 Å². The van der Waals surface area contributed by atoms with Crippen LogP contribution in [0.1, 0.15) is 48.6 Å². The highest BCUT2D eigenvalue weighted by Crippen LogP contribution is 2.23. The van der Waals surface area contributed by atoms with Gasteiger partial charge in [-0.1, -0.05) is 0 Å². The molecule has 1 aliphatic heterocycles. The number of ether oxygens (including phenoxy) is 1. The van der Waals surface area contributed by atoms with Crippen LogP contribution in [0.2, 0.25) is 0 Å². The van der Waals surface area contributed by atoms with Crippen LogP contribution < -0.4 is 0 Å². The minimum atomic E-state index is -1.03. The molecule has 0 spiro atoms. The molecule has 0 radical (unpaired) electrons. The van der Waals surface area contributed by atoms with Crippen molar-refractivity contribution in [3.05, 3.63) is 23.0 Å². The molecule has 0 aliphatic carbocycles. The van der Waals surface area contributed by atoms with E-state index in [-0.39, 0.29) is 24.6 Å². The third-order valence-electron chi connectivity index (χ3n) is 4.05. The lowest BCUT2D eigenvalue weighted by atomic mass is 10.1. The second kappa shape index (κ2) is 6.12. The van der Waals surface area contributed by atoms with Gasteiger partial charge in [0.05, 0.1) is 18.2 Å². The monoisotopic (exact) mass is 308 g/mol. The van der Waals surface area contributed by atoms with Gasteiger partial charge in [-0.25, -0.2) is 4.79 Å². The Balaban J connectivity index is 2.28. The van der Waals surface area contributed by atoms with E-state index >= 15 is 0 Å². The molecule has 1 aliphatic rings. The molecule has 0 saturated carbocycles. The Morgan fingerprint density at radius 2 is 1.95 bits per heavy atom. The maximum absolute atomic E-state index is 12.8. The number of carboxylic acids is 1. The predicted molar refractivity (Wildman–Crippen MR) is 82.2 cm³/mol. The Hall–Kier alpha value is -1.82. The van der Waals surface area contributed by atoms with E-state index < -0.39 is 12.1 Å². The van der Waals surface area contributed by atoms with E-state index in [9.17, 15) is 9.59 Å². The molecule has 2 heterocycles. The summed E-state index contributed by atoms with van der Waals surface area (Å²) >= 11 is 0. The van der Waals surface area contributed by atoms with Gasteiger partial charge in [0.2, 0.25) is 0 Å². The fourth-order valence-electron chi connectivity index (χ4n) is 3.21. The third kappa shape index (κ3) is 3.02. The summed E-state index contributed by atoms with van der Waals surface area (Å²) in [6.45, 7) is 10.3. The molecule has 6 nitrogen and oxygen atoms in total. The molecule has 0 bridgehead atoms. The second-order valence-corrected chi connectivity index (χ2v) is 6.23. The average molecular weight is 308 g/mol. The first kappa shape index (κ1) is 16.5. The van der Waals surface area contributed by atoms with Crippen molar-refractivity contribution in [2.75, 3.05) is 13.1 Å². The molecule has 1 N–H and O–H groups in total. The van der Waals surface area contributed by atoms with E-state index in [4.69, 9.17) is 9.84 Å². The Kier molecular flexibility index (Phi) is 4.60. The number of aromatic nitrogens is 1. The van der Waals surface area contributed by atoms with E-state index in [1.807, 2.05) is 19.9 Å². The normalized spacial score (nSPS) is 22.2. The quantitative estimate of drug-likeness (QED) is 0.927. The highest BCUT2D eigenvalue weighted by Gasteiger charge is 2.34. The van der Waals surface area contributed by atoms with Gasteiger partial charge in [0.1, 0.15) is 0 Å². The smallest absolute Gasteiger partial charge is 0.334 e. The second-order valence-electron chi connectivity index (χ2n) is 6.23. The molecule has 1 amide bonds. The molecule has 1 fully saturated rings. The lowest BCUT2D eigenvalue weighted by molar-refractivity contribution is -0.160. The van der Waals surface area contributed by atoms with Crippen LogP contribution in [-0.2, 0) is 9.53 Å². The molecule has 0 aromatic carbocycles. The van der Waals surface area contributed by atoms with E-state index in [2.05, 4.69) is 18.4 Å². The zero-order valence-electron chi connectivity index (χ0n) is 13.8. The first-order valence-electron chi connectivity index (χ1n) is 7.58. The van der Waals surface area contributed by atoms with E-state index in [0.29, 0.717) is 12.1 Å². The van der Waals surface area contributed by atoms with Crippen molar-refractivity contribution in [1.29, 1.82) is 0 Å². The summed E-state index contributed by atoms with van der Waals surface area (Å²) in [7, 11) is 0. The van der Waals surface area contributed by atoms with Crippen LogP contribution in [0.15, 0.2) is 6.07 Å². The number of amides is 1. The number of nitrogens with zero attached hydrogens (tertiary/aromatic N) is 2. The van der Waals surface area contributed by atoms with Crippen LogP contribution in [-0.4, -0.2) is 51.7 Å². The number of rotatable bonds is 3. The van der Waals surface area contributed by atoms with Crippen LogP contribution in [0.3, 0.4) is 0 Å². The summed E-state index contributed by atoms with van der Waals surface area (Å²) in [6, 6.07) is 2.16. The number of hydrogen-bond acceptors (Lipinski definition) is 3. The summed E-state index contributed by atoms with van der Waals surface area (Å²) in [4.78, 5) is 25.5. The Morgan fingerprint density at radius 3 is 2.45 bits per heavy atom. The zero-order chi connectivity index (χ0) is 16.6. The van der Waals surface area contributed by atoms with Gasteiger partial charge < -0.3 is 19.3 Å². The van der Waals surface area contributed by atoms with Crippen LogP contribution in [0.5, 0.6) is 0 Å². The maximum atomic E-state index is 12.8. The minimum absolute atomic E-state index is 0.0872. The molecule has 1 aromatic heterocycles. The van der Waals surface area contributed by atoms with Gasteiger partial charge in [0.15, 0.2) is 6.10 Å². The van der Waals surface area contributed by atoms with Crippen molar-refractivity contribution in [1.82, 2.24) is 9.47 Å². The highest BCUT2D eigenvalue weighted by atomic mass is 16.5. The standard InChI is InChI=1S/C16H24N2O4/c1-9(2)18-10(3)6-13(12(18)5)15(19)17-7-11(4)22-14(8-17)16(20)21/h6,9,11,14H,7-8H2,1-5H3,(H,20,21)/t11-,14?/m1/s1. The van der Waals surface area contributed by atoms with Gasteiger partial charge in [-0.2, -0.15) is 0 Å². The number of carboxylic acid groups (broad SMARTS) is 1. The van der Waals surface area contributed by atoms with E-state index in [1.54, 1.807) is 11.8 Å². The largest absolute Gasteiger partial charge is 0.479 e. The van der Waals surface area contributed by atoms with Gasteiger partial charge in [-0.15, -0.1) is 0 Å². The summed E-state index contributed by atoms with van der Waals surface area (Å²) in [5.41, 5.74) is 2.60. The van der Waals surface area contributed by atoms with Crippen molar-refractivity contribution in [2.24, 2.45) is 0 Å². The summed E-state index contributed by atoms with van der Waals surface area (Å²) in [5.74, 6) is -1.15. The maximum Gasteiger partial charge on any atom is 0.334 e. The van der Waals surface area contributed by atoms with Gasteiger partial charge in [0.25, 0.3) is 5.91 Å². The van der Waals surface area contributed by atoms with Crippen LogP contribution >= 0.6 is 0 Å². The molecule has 1 unspecified atom stereocenters. The predicted octanol–water partition coefficient (Wildman–Crippen LogP) is 2.00. The van der Waals surface area contributed by atoms with E-state index in [1.165, 1.54) is 0 Å². The fraction of sp³-hybridized carbons (Fsp3) is 0.625. The van der Waals surface area contributed by atoms with Gasteiger partial charge in [-0.3, -0.25) is 4.79 Å². The molecular weight excluding hydrogens is 284 g/mol. The summed E-state index contributed by atoms with van der Waals surface area (Å²) in [6.07, 6.45) is -1.24. The van der Waals surface area contributed by atoms with Crippen molar-refractivity contribution in [2.45, 2.75) is 52.9 Å². The highest BCUT2D eigenvalue weighted by molar-refractivity contribution is 5.96. The molecular formula is C16H24N2O4. The third-order valence-corrected chi connectivity index (χ3v) is 4.05. The number of aryl methyl sites for hydroxylation is 1. The molecule has 1 saturated heterocycles. The summed E-state index contributed by atoms with van der Waals surface area (Å²) < 4.78 is 7.48. The van der Waals surface area contributed by atoms with Crippen molar-refractivity contribution >= 4 is 11.9 Å². The molecule has 6 heteroatoms. The van der Waals surface area contributed by atoms with Gasteiger partial charge >= 0.3 is 5.97 Å². The number of carbonyl (C=O) groups excluding carboxylic acids is 1. The molecule has 22 heavy (non-hydrogen) atoms. The van der Waals surface area contributed by atoms with Crippen molar-refractivity contribution < 1.29 is 19.4 Å². The number of hydrogen-bond donors (Lipinski definition) is 1. The molecule has 122 valence electrons. The first-order chi connectivity index (χ1) is 10.2. The van der Waals surface area contributed by atoms with E-state index in [0.717, 1.165) is 11.4 Å². The number of carbonyl (C=O) groups is 2. The Labute approximate surface area is 130 Å².